The maximum absolute atomic E-state index is 11.4. The first-order valence-electron chi connectivity index (χ1n) is 9.15. The van der Waals surface area contributed by atoms with Crippen LogP contribution in [0.4, 0.5) is 4.79 Å². The highest BCUT2D eigenvalue weighted by Crippen LogP contribution is 2.50. The number of nitrogens with two attached hydrogens (primary N) is 1. The summed E-state index contributed by atoms with van der Waals surface area (Å²) in [5.74, 6) is 1.55. The molecule has 1 unspecified atom stereocenters. The average Bonchev–Trinajstić information content (AvgIpc) is 2.82. The molecule has 0 fully saturated rings. The van der Waals surface area contributed by atoms with Crippen molar-refractivity contribution in [2.45, 2.75) is 46.3 Å². The monoisotopic (exact) mass is 369 g/mol. The standard InChI is InChI=1S/C22H27NO4/c1-13(2)26-16-8-6-7-14(9-16)17-10-15-12-22(3,4)20(27-21(23)24)18(15)11-19(17)25-5/h6-11,13,20H,12H2,1-5H3,(H2,23,24). The van der Waals surface area contributed by atoms with E-state index in [1.165, 1.54) is 0 Å². The summed E-state index contributed by atoms with van der Waals surface area (Å²) >= 11 is 0. The van der Waals surface area contributed by atoms with E-state index in [-0.39, 0.29) is 17.6 Å². The Morgan fingerprint density at radius 3 is 2.59 bits per heavy atom. The molecule has 144 valence electrons. The Bertz CT molecular complexity index is 857. The third-order valence-electron chi connectivity index (χ3n) is 4.85. The zero-order chi connectivity index (χ0) is 19.8. The van der Waals surface area contributed by atoms with Crippen LogP contribution in [0.15, 0.2) is 36.4 Å². The summed E-state index contributed by atoms with van der Waals surface area (Å²) in [5, 5.41) is 0. The van der Waals surface area contributed by atoms with Crippen LogP contribution in [0.5, 0.6) is 11.5 Å². The summed E-state index contributed by atoms with van der Waals surface area (Å²) in [6.45, 7) is 8.15. The van der Waals surface area contributed by atoms with Gasteiger partial charge in [-0.3, -0.25) is 0 Å². The minimum Gasteiger partial charge on any atom is -0.496 e. The molecule has 1 aliphatic carbocycles. The number of benzene rings is 2. The van der Waals surface area contributed by atoms with Gasteiger partial charge in [-0.25, -0.2) is 4.79 Å². The van der Waals surface area contributed by atoms with Crippen LogP contribution in [-0.4, -0.2) is 19.3 Å². The van der Waals surface area contributed by atoms with Gasteiger partial charge in [0.1, 0.15) is 17.6 Å². The van der Waals surface area contributed by atoms with Crippen LogP contribution in [-0.2, 0) is 11.2 Å². The molecular weight excluding hydrogens is 342 g/mol. The summed E-state index contributed by atoms with van der Waals surface area (Å²) in [6, 6.07) is 12.1. The average molecular weight is 369 g/mol. The lowest BCUT2D eigenvalue weighted by Crippen LogP contribution is -2.25. The number of carbonyl (C=O) groups excluding carboxylic acids is 1. The van der Waals surface area contributed by atoms with Crippen molar-refractivity contribution in [1.29, 1.82) is 0 Å². The van der Waals surface area contributed by atoms with Crippen molar-refractivity contribution in [2.24, 2.45) is 11.1 Å². The van der Waals surface area contributed by atoms with Crippen LogP contribution in [0.3, 0.4) is 0 Å². The molecule has 0 bridgehead atoms. The Hall–Kier alpha value is -2.69. The fourth-order valence-corrected chi connectivity index (χ4v) is 3.78. The number of amides is 1. The van der Waals surface area contributed by atoms with Crippen LogP contribution in [0.1, 0.15) is 44.9 Å². The van der Waals surface area contributed by atoms with E-state index in [0.717, 1.165) is 40.2 Å². The molecular formula is C22H27NO4. The van der Waals surface area contributed by atoms with E-state index in [0.29, 0.717) is 0 Å². The van der Waals surface area contributed by atoms with Gasteiger partial charge in [-0.05, 0) is 61.2 Å². The Morgan fingerprint density at radius 2 is 1.96 bits per heavy atom. The molecule has 0 saturated carbocycles. The van der Waals surface area contributed by atoms with E-state index in [9.17, 15) is 4.79 Å². The van der Waals surface area contributed by atoms with Crippen molar-refractivity contribution in [3.63, 3.8) is 0 Å². The zero-order valence-corrected chi connectivity index (χ0v) is 16.5. The first kappa shape index (κ1) is 19.1. The Balaban J connectivity index is 2.06. The van der Waals surface area contributed by atoms with Gasteiger partial charge in [0, 0.05) is 11.0 Å². The molecule has 2 aromatic rings. The third kappa shape index (κ3) is 3.87. The Labute approximate surface area is 160 Å². The largest absolute Gasteiger partial charge is 0.496 e. The lowest BCUT2D eigenvalue weighted by Gasteiger charge is -2.26. The summed E-state index contributed by atoms with van der Waals surface area (Å²) in [7, 11) is 1.64. The number of methoxy groups -OCH3 is 1. The van der Waals surface area contributed by atoms with Crippen LogP contribution in [0.25, 0.3) is 11.1 Å². The molecule has 1 amide bonds. The molecule has 2 N–H and O–H groups in total. The molecule has 0 aromatic heterocycles. The molecule has 0 heterocycles. The predicted molar refractivity (Wildman–Crippen MR) is 105 cm³/mol. The maximum atomic E-state index is 11.4. The first-order valence-corrected chi connectivity index (χ1v) is 9.15. The number of ether oxygens (including phenoxy) is 3. The molecule has 3 rings (SSSR count). The third-order valence-corrected chi connectivity index (χ3v) is 4.85. The van der Waals surface area contributed by atoms with Crippen LogP contribution < -0.4 is 15.2 Å². The van der Waals surface area contributed by atoms with Gasteiger partial charge in [-0.15, -0.1) is 0 Å². The Kier molecular flexibility index (Phi) is 5.05. The van der Waals surface area contributed by atoms with Gasteiger partial charge in [0.05, 0.1) is 13.2 Å². The second kappa shape index (κ2) is 7.14. The van der Waals surface area contributed by atoms with Crippen molar-refractivity contribution < 1.29 is 19.0 Å². The van der Waals surface area contributed by atoms with E-state index in [2.05, 4.69) is 19.9 Å². The summed E-state index contributed by atoms with van der Waals surface area (Å²) < 4.78 is 16.9. The van der Waals surface area contributed by atoms with Gasteiger partial charge >= 0.3 is 6.09 Å². The maximum Gasteiger partial charge on any atom is 0.405 e. The molecule has 0 spiro atoms. The lowest BCUT2D eigenvalue weighted by molar-refractivity contribution is 0.0391. The van der Waals surface area contributed by atoms with E-state index < -0.39 is 6.09 Å². The number of primary amides is 1. The smallest absolute Gasteiger partial charge is 0.405 e. The SMILES string of the molecule is COc1cc2c(cc1-c1cccc(OC(C)C)c1)CC(C)(C)C2OC(N)=O. The molecule has 2 aromatic carbocycles. The molecule has 27 heavy (non-hydrogen) atoms. The van der Waals surface area contributed by atoms with Crippen LogP contribution >= 0.6 is 0 Å². The molecule has 5 nitrogen and oxygen atoms in total. The van der Waals surface area contributed by atoms with E-state index in [4.69, 9.17) is 19.9 Å². The summed E-state index contributed by atoms with van der Waals surface area (Å²) in [4.78, 5) is 11.4. The summed E-state index contributed by atoms with van der Waals surface area (Å²) in [5.41, 5.74) is 9.15. The van der Waals surface area contributed by atoms with Gasteiger partial charge in [-0.2, -0.15) is 0 Å². The summed E-state index contributed by atoms with van der Waals surface area (Å²) in [6.07, 6.45) is -0.250. The van der Waals surface area contributed by atoms with Gasteiger partial charge in [0.2, 0.25) is 0 Å². The number of rotatable bonds is 5. The van der Waals surface area contributed by atoms with Gasteiger partial charge in [0.25, 0.3) is 0 Å². The van der Waals surface area contributed by atoms with E-state index >= 15 is 0 Å². The van der Waals surface area contributed by atoms with Crippen LogP contribution in [0, 0.1) is 5.41 Å². The molecule has 0 aliphatic heterocycles. The predicted octanol–water partition coefficient (Wildman–Crippen LogP) is 4.87. The first-order chi connectivity index (χ1) is 12.7. The molecule has 1 aliphatic rings. The van der Waals surface area contributed by atoms with Crippen molar-refractivity contribution in [3.05, 3.63) is 47.5 Å². The molecule has 5 heteroatoms. The molecule has 0 saturated heterocycles. The van der Waals surface area contributed by atoms with E-state index in [1.54, 1.807) is 7.11 Å². The highest BCUT2D eigenvalue weighted by molar-refractivity contribution is 5.74. The van der Waals surface area contributed by atoms with Gasteiger partial charge in [0.15, 0.2) is 0 Å². The van der Waals surface area contributed by atoms with Crippen molar-refractivity contribution >= 4 is 6.09 Å². The van der Waals surface area contributed by atoms with Crippen molar-refractivity contribution in [3.8, 4) is 22.6 Å². The number of hydrogen-bond donors (Lipinski definition) is 1. The lowest BCUT2D eigenvalue weighted by atomic mass is 9.87. The Morgan fingerprint density at radius 1 is 1.22 bits per heavy atom. The highest BCUT2D eigenvalue weighted by atomic mass is 16.6. The number of carbonyl (C=O) groups is 1. The second-order valence-electron chi connectivity index (χ2n) is 7.93. The van der Waals surface area contributed by atoms with E-state index in [1.807, 2.05) is 44.2 Å². The minimum atomic E-state index is -0.762. The number of fused-ring (bicyclic) bond motifs is 1. The van der Waals surface area contributed by atoms with Gasteiger partial charge < -0.3 is 19.9 Å². The van der Waals surface area contributed by atoms with Crippen molar-refractivity contribution in [1.82, 2.24) is 0 Å². The van der Waals surface area contributed by atoms with Crippen LogP contribution in [0.2, 0.25) is 0 Å². The molecule has 1 atom stereocenters. The zero-order valence-electron chi connectivity index (χ0n) is 16.5. The minimum absolute atomic E-state index is 0.106. The van der Waals surface area contributed by atoms with Gasteiger partial charge in [-0.1, -0.05) is 26.0 Å². The fraction of sp³-hybridized carbons (Fsp3) is 0.409. The fourth-order valence-electron chi connectivity index (χ4n) is 3.78. The topological polar surface area (TPSA) is 70.8 Å². The number of hydrogen-bond acceptors (Lipinski definition) is 4. The normalized spacial score (nSPS) is 17.5. The highest BCUT2D eigenvalue weighted by Gasteiger charge is 2.42. The second-order valence-corrected chi connectivity index (χ2v) is 7.93. The van der Waals surface area contributed by atoms with Crippen molar-refractivity contribution in [2.75, 3.05) is 7.11 Å². The molecule has 0 radical (unpaired) electrons. The quantitative estimate of drug-likeness (QED) is 0.816.